The molecule has 1 aromatic carbocycles. The van der Waals surface area contributed by atoms with Crippen LogP contribution >= 0.6 is 0 Å². The van der Waals surface area contributed by atoms with E-state index in [4.69, 9.17) is 5.11 Å². The minimum atomic E-state index is -0.884. The number of carbonyl (C=O) groups is 2. The molecule has 0 saturated heterocycles. The lowest BCUT2D eigenvalue weighted by molar-refractivity contribution is -0.139. The van der Waals surface area contributed by atoms with Crippen LogP contribution in [-0.2, 0) is 4.79 Å². The lowest BCUT2D eigenvalue weighted by Crippen LogP contribution is -2.54. The van der Waals surface area contributed by atoms with Gasteiger partial charge in [0.2, 0.25) is 0 Å². The number of carbonyl (C=O) groups excluding carboxylic acids is 1. The van der Waals surface area contributed by atoms with Gasteiger partial charge in [-0.2, -0.15) is 5.10 Å². The molecule has 1 heterocycles. The maximum atomic E-state index is 12.4. The Balaban J connectivity index is 1.86. The van der Waals surface area contributed by atoms with E-state index in [1.165, 1.54) is 0 Å². The van der Waals surface area contributed by atoms with E-state index in [-0.39, 0.29) is 12.3 Å². The van der Waals surface area contributed by atoms with Gasteiger partial charge in [0.05, 0.1) is 29.2 Å². The number of aromatic nitrogens is 2. The van der Waals surface area contributed by atoms with Crippen molar-refractivity contribution < 1.29 is 14.7 Å². The van der Waals surface area contributed by atoms with Crippen molar-refractivity contribution in [1.82, 2.24) is 15.5 Å². The molecule has 1 amide bonds. The van der Waals surface area contributed by atoms with E-state index in [1.807, 2.05) is 6.07 Å². The predicted molar refractivity (Wildman–Crippen MR) is 72.4 cm³/mol. The number of H-pyrrole nitrogens is 1. The Morgan fingerprint density at radius 1 is 1.40 bits per heavy atom. The van der Waals surface area contributed by atoms with Crippen molar-refractivity contribution in [3.8, 4) is 0 Å². The number of amides is 1. The zero-order chi connectivity index (χ0) is 14.2. The van der Waals surface area contributed by atoms with Gasteiger partial charge in [-0.05, 0) is 25.3 Å². The topological polar surface area (TPSA) is 95.1 Å². The molecule has 0 spiro atoms. The van der Waals surface area contributed by atoms with Gasteiger partial charge in [0, 0.05) is 5.39 Å². The highest BCUT2D eigenvalue weighted by atomic mass is 16.4. The maximum absolute atomic E-state index is 12.4. The summed E-state index contributed by atoms with van der Waals surface area (Å²) in [6.07, 6.45) is 4.00. The summed E-state index contributed by atoms with van der Waals surface area (Å²) in [7, 11) is 0. The maximum Gasteiger partial charge on any atom is 0.305 e. The van der Waals surface area contributed by atoms with Crippen molar-refractivity contribution in [2.24, 2.45) is 0 Å². The van der Waals surface area contributed by atoms with Crippen LogP contribution in [0, 0.1) is 0 Å². The lowest BCUT2D eigenvalue weighted by atomic mass is 9.74. The zero-order valence-electron chi connectivity index (χ0n) is 10.8. The van der Waals surface area contributed by atoms with Crippen molar-refractivity contribution in [1.29, 1.82) is 0 Å². The van der Waals surface area contributed by atoms with Crippen LogP contribution in [0.3, 0.4) is 0 Å². The third-order valence-corrected chi connectivity index (χ3v) is 3.90. The Hall–Kier alpha value is -2.37. The second-order valence-corrected chi connectivity index (χ2v) is 5.30. The molecule has 0 bridgehead atoms. The monoisotopic (exact) mass is 273 g/mol. The number of rotatable bonds is 4. The fourth-order valence-corrected chi connectivity index (χ4v) is 2.71. The van der Waals surface area contributed by atoms with Crippen molar-refractivity contribution >= 4 is 22.8 Å². The first-order valence-electron chi connectivity index (χ1n) is 6.56. The quantitative estimate of drug-likeness (QED) is 0.790. The molecule has 6 heteroatoms. The summed E-state index contributed by atoms with van der Waals surface area (Å²) in [5.41, 5.74) is 0.580. The van der Waals surface area contributed by atoms with Gasteiger partial charge in [0.15, 0.2) is 0 Å². The summed E-state index contributed by atoms with van der Waals surface area (Å²) < 4.78 is 0. The molecule has 1 fully saturated rings. The van der Waals surface area contributed by atoms with Gasteiger partial charge in [-0.1, -0.05) is 12.1 Å². The van der Waals surface area contributed by atoms with Gasteiger partial charge in [-0.25, -0.2) is 0 Å². The summed E-state index contributed by atoms with van der Waals surface area (Å²) in [6, 6.07) is 5.37. The number of para-hydroxylation sites is 1. The Bertz CT molecular complexity index is 673. The molecule has 20 heavy (non-hydrogen) atoms. The molecule has 3 rings (SSSR count). The number of nitrogens with zero attached hydrogens (tertiary/aromatic N) is 1. The van der Waals surface area contributed by atoms with E-state index >= 15 is 0 Å². The molecular formula is C14H15N3O3. The minimum absolute atomic E-state index is 0.0301. The summed E-state index contributed by atoms with van der Waals surface area (Å²) in [4.78, 5) is 23.3. The molecule has 1 aliphatic rings. The van der Waals surface area contributed by atoms with E-state index in [1.54, 1.807) is 18.3 Å². The van der Waals surface area contributed by atoms with Crippen LogP contribution in [0.4, 0.5) is 0 Å². The number of hydrogen-bond acceptors (Lipinski definition) is 3. The second-order valence-electron chi connectivity index (χ2n) is 5.30. The molecule has 3 N–H and O–H groups in total. The van der Waals surface area contributed by atoms with Crippen molar-refractivity contribution in [3.05, 3.63) is 30.0 Å². The molecule has 1 saturated carbocycles. The Kier molecular flexibility index (Phi) is 2.93. The first-order valence-corrected chi connectivity index (χ1v) is 6.56. The lowest BCUT2D eigenvalue weighted by Gasteiger charge is -2.41. The first kappa shape index (κ1) is 12.7. The second kappa shape index (κ2) is 4.63. The Labute approximate surface area is 115 Å². The average Bonchev–Trinajstić information content (AvgIpc) is 2.83. The van der Waals surface area contributed by atoms with Crippen LogP contribution in [0.25, 0.3) is 10.9 Å². The van der Waals surface area contributed by atoms with E-state index in [0.29, 0.717) is 23.9 Å². The van der Waals surface area contributed by atoms with Gasteiger partial charge < -0.3 is 10.4 Å². The molecule has 104 valence electrons. The van der Waals surface area contributed by atoms with Gasteiger partial charge in [0.1, 0.15) is 0 Å². The molecule has 0 atom stereocenters. The SMILES string of the molecule is O=C(O)CC1(NC(=O)c2cccc3cn[nH]c23)CCC1. The Morgan fingerprint density at radius 2 is 2.20 bits per heavy atom. The van der Waals surface area contributed by atoms with E-state index in [9.17, 15) is 9.59 Å². The molecule has 2 aromatic rings. The summed E-state index contributed by atoms with van der Waals surface area (Å²) in [5, 5.41) is 19.4. The van der Waals surface area contributed by atoms with Gasteiger partial charge >= 0.3 is 5.97 Å². The molecule has 0 radical (unpaired) electrons. The molecule has 0 aliphatic heterocycles. The van der Waals surface area contributed by atoms with Crippen LogP contribution in [-0.4, -0.2) is 32.7 Å². The zero-order valence-corrected chi connectivity index (χ0v) is 10.8. The number of hydrogen-bond donors (Lipinski definition) is 3. The number of aliphatic carboxylic acids is 1. The highest BCUT2D eigenvalue weighted by Gasteiger charge is 2.40. The summed E-state index contributed by atoms with van der Waals surface area (Å²) in [6.45, 7) is 0. The molecular weight excluding hydrogens is 258 g/mol. The molecule has 1 aromatic heterocycles. The molecule has 1 aliphatic carbocycles. The number of benzene rings is 1. The van der Waals surface area contributed by atoms with Crippen LogP contribution < -0.4 is 5.32 Å². The number of carboxylic acid groups (broad SMARTS) is 1. The fraction of sp³-hybridized carbons (Fsp3) is 0.357. The summed E-state index contributed by atoms with van der Waals surface area (Å²) >= 11 is 0. The standard InChI is InChI=1S/C14H15N3O3/c18-11(19)7-14(5-2-6-14)16-13(20)10-4-1-3-9-8-15-17-12(9)10/h1,3-4,8H,2,5-7H2,(H,15,17)(H,16,20)(H,18,19). The van der Waals surface area contributed by atoms with E-state index in [2.05, 4.69) is 15.5 Å². The number of nitrogens with one attached hydrogen (secondary N) is 2. The van der Waals surface area contributed by atoms with Gasteiger partial charge in [-0.15, -0.1) is 0 Å². The van der Waals surface area contributed by atoms with Crippen molar-refractivity contribution in [2.45, 2.75) is 31.2 Å². The average molecular weight is 273 g/mol. The highest BCUT2D eigenvalue weighted by molar-refractivity contribution is 6.05. The normalized spacial score (nSPS) is 16.6. The highest BCUT2D eigenvalue weighted by Crippen LogP contribution is 2.35. The molecule has 0 unspecified atom stereocenters. The largest absolute Gasteiger partial charge is 0.481 e. The van der Waals surface area contributed by atoms with Crippen LogP contribution in [0.5, 0.6) is 0 Å². The van der Waals surface area contributed by atoms with Gasteiger partial charge in [0.25, 0.3) is 5.91 Å². The van der Waals surface area contributed by atoms with Crippen LogP contribution in [0.2, 0.25) is 0 Å². The van der Waals surface area contributed by atoms with Crippen molar-refractivity contribution in [2.75, 3.05) is 0 Å². The number of fused-ring (bicyclic) bond motifs is 1. The van der Waals surface area contributed by atoms with Crippen LogP contribution in [0.15, 0.2) is 24.4 Å². The molecule has 6 nitrogen and oxygen atoms in total. The smallest absolute Gasteiger partial charge is 0.305 e. The third kappa shape index (κ3) is 2.13. The van der Waals surface area contributed by atoms with E-state index in [0.717, 1.165) is 11.8 Å². The minimum Gasteiger partial charge on any atom is -0.481 e. The number of aromatic amines is 1. The first-order chi connectivity index (χ1) is 9.60. The fourth-order valence-electron chi connectivity index (χ4n) is 2.71. The van der Waals surface area contributed by atoms with Crippen molar-refractivity contribution in [3.63, 3.8) is 0 Å². The van der Waals surface area contributed by atoms with Gasteiger partial charge in [-0.3, -0.25) is 14.7 Å². The Morgan fingerprint density at radius 3 is 2.85 bits per heavy atom. The number of carboxylic acids is 1. The van der Waals surface area contributed by atoms with Crippen LogP contribution in [0.1, 0.15) is 36.0 Å². The van der Waals surface area contributed by atoms with E-state index < -0.39 is 11.5 Å². The predicted octanol–water partition coefficient (Wildman–Crippen LogP) is 1.69. The third-order valence-electron chi connectivity index (χ3n) is 3.90. The summed E-state index contributed by atoms with van der Waals surface area (Å²) in [5.74, 6) is -1.13.